The van der Waals surface area contributed by atoms with Crippen LogP contribution in [0.4, 0.5) is 0 Å². The molecule has 0 fully saturated rings. The molecule has 3 atom stereocenters. The summed E-state index contributed by atoms with van der Waals surface area (Å²) in [7, 11) is 0. The van der Waals surface area contributed by atoms with E-state index in [0.29, 0.717) is 19.3 Å². The maximum Gasteiger partial charge on any atom is 0.306 e. The van der Waals surface area contributed by atoms with E-state index in [9.17, 15) is 19.8 Å². The van der Waals surface area contributed by atoms with Crippen molar-refractivity contribution in [1.82, 2.24) is 5.32 Å². The van der Waals surface area contributed by atoms with Gasteiger partial charge in [-0.3, -0.25) is 9.59 Å². The number of hydrogen-bond acceptors (Lipinski definition) is 5. The van der Waals surface area contributed by atoms with Gasteiger partial charge >= 0.3 is 5.97 Å². The molecule has 0 saturated heterocycles. The maximum absolute atomic E-state index is 13.2. The molecule has 0 aliphatic rings. The molecule has 0 heterocycles. The predicted octanol–water partition coefficient (Wildman–Crippen LogP) is 16.1. The molecule has 0 aromatic heterocycles. The number of hydrogen-bond donors (Lipinski definition) is 3. The fourth-order valence-electron chi connectivity index (χ4n) is 8.14. The van der Waals surface area contributed by atoms with Crippen LogP contribution in [-0.2, 0) is 14.3 Å². The lowest BCUT2D eigenvalue weighted by Crippen LogP contribution is -2.46. The first-order valence-corrected chi connectivity index (χ1v) is 26.7. The molecule has 0 aromatic rings. The monoisotopic (exact) mass is 858 g/mol. The SMILES string of the molecule is CCCCC/C=C\C/C=C\C/C=C\CCCCCCCCC(=O)OC(CCCCCCCCCCCCC)CC(=O)NC(CO)C(O)CCCCCCCCCCCCCC. The van der Waals surface area contributed by atoms with E-state index in [1.165, 1.54) is 167 Å². The van der Waals surface area contributed by atoms with Gasteiger partial charge in [0.05, 0.1) is 25.2 Å². The highest BCUT2D eigenvalue weighted by Crippen LogP contribution is 2.18. The Morgan fingerprint density at radius 2 is 0.836 bits per heavy atom. The fourth-order valence-corrected chi connectivity index (χ4v) is 8.14. The van der Waals surface area contributed by atoms with Gasteiger partial charge in [-0.25, -0.2) is 0 Å². The molecule has 0 radical (unpaired) electrons. The minimum Gasteiger partial charge on any atom is -0.462 e. The molecule has 0 saturated carbocycles. The van der Waals surface area contributed by atoms with Crippen LogP contribution in [0.15, 0.2) is 36.5 Å². The van der Waals surface area contributed by atoms with E-state index in [1.54, 1.807) is 0 Å². The quantitative estimate of drug-likeness (QED) is 0.0322. The first-order valence-electron chi connectivity index (χ1n) is 26.7. The summed E-state index contributed by atoms with van der Waals surface area (Å²) in [5, 5.41) is 23.8. The minimum absolute atomic E-state index is 0.0760. The summed E-state index contributed by atoms with van der Waals surface area (Å²) in [5.74, 6) is -0.477. The lowest BCUT2D eigenvalue weighted by Gasteiger charge is -2.24. The van der Waals surface area contributed by atoms with Crippen molar-refractivity contribution in [2.24, 2.45) is 0 Å². The molecule has 0 spiro atoms. The Morgan fingerprint density at radius 1 is 0.475 bits per heavy atom. The van der Waals surface area contributed by atoms with Crippen LogP contribution in [0, 0.1) is 0 Å². The first kappa shape index (κ1) is 59.1. The largest absolute Gasteiger partial charge is 0.462 e. The van der Waals surface area contributed by atoms with Crippen LogP contribution in [0.5, 0.6) is 0 Å². The van der Waals surface area contributed by atoms with Crippen molar-refractivity contribution >= 4 is 11.9 Å². The third kappa shape index (κ3) is 44.5. The molecule has 358 valence electrons. The van der Waals surface area contributed by atoms with E-state index in [4.69, 9.17) is 4.74 Å². The van der Waals surface area contributed by atoms with Crippen molar-refractivity contribution in [1.29, 1.82) is 0 Å². The Kier molecular flexibility index (Phi) is 47.6. The number of aliphatic hydroxyl groups is 2. The number of carbonyl (C=O) groups is 2. The number of unbranched alkanes of at least 4 members (excludes halogenated alkanes) is 30. The average Bonchev–Trinajstić information content (AvgIpc) is 3.25. The van der Waals surface area contributed by atoms with Crippen molar-refractivity contribution in [3.8, 4) is 0 Å². The van der Waals surface area contributed by atoms with Gasteiger partial charge in [0.25, 0.3) is 0 Å². The van der Waals surface area contributed by atoms with Gasteiger partial charge in [-0.2, -0.15) is 0 Å². The fraction of sp³-hybridized carbons (Fsp3) is 0.855. The molecular formula is C55H103NO5. The Bertz CT molecular complexity index is 1010. The zero-order chi connectivity index (χ0) is 44.5. The van der Waals surface area contributed by atoms with Crippen molar-refractivity contribution in [2.75, 3.05) is 6.61 Å². The molecule has 0 rings (SSSR count). The second-order valence-corrected chi connectivity index (χ2v) is 18.3. The molecule has 3 unspecified atom stereocenters. The summed E-state index contributed by atoms with van der Waals surface area (Å²) in [5.41, 5.74) is 0. The Labute approximate surface area is 379 Å². The summed E-state index contributed by atoms with van der Waals surface area (Å²) >= 11 is 0. The number of rotatable bonds is 48. The van der Waals surface area contributed by atoms with Crippen molar-refractivity contribution in [2.45, 2.75) is 296 Å². The van der Waals surface area contributed by atoms with Crippen LogP contribution in [0.3, 0.4) is 0 Å². The second kappa shape index (κ2) is 49.1. The zero-order valence-electron chi connectivity index (χ0n) is 40.8. The normalized spacial score (nSPS) is 13.5. The van der Waals surface area contributed by atoms with Gasteiger partial charge in [0, 0.05) is 6.42 Å². The molecule has 3 N–H and O–H groups in total. The van der Waals surface area contributed by atoms with E-state index in [1.807, 2.05) is 0 Å². The number of carbonyl (C=O) groups excluding carboxylic acids is 2. The summed E-state index contributed by atoms with van der Waals surface area (Å²) in [6.45, 7) is 6.46. The number of nitrogens with one attached hydrogen (secondary N) is 1. The summed E-state index contributed by atoms with van der Waals surface area (Å²) in [6, 6.07) is -0.700. The first-order chi connectivity index (χ1) is 30.0. The van der Waals surface area contributed by atoms with Gasteiger partial charge in [-0.15, -0.1) is 0 Å². The average molecular weight is 858 g/mol. The maximum atomic E-state index is 13.2. The highest BCUT2D eigenvalue weighted by atomic mass is 16.5. The highest BCUT2D eigenvalue weighted by molar-refractivity contribution is 5.77. The van der Waals surface area contributed by atoms with Gasteiger partial charge in [-0.05, 0) is 64.2 Å². The molecular weight excluding hydrogens is 755 g/mol. The van der Waals surface area contributed by atoms with Crippen LogP contribution in [0.25, 0.3) is 0 Å². The number of ether oxygens (including phenoxy) is 1. The Morgan fingerprint density at radius 3 is 1.30 bits per heavy atom. The van der Waals surface area contributed by atoms with E-state index in [-0.39, 0.29) is 24.9 Å². The van der Waals surface area contributed by atoms with Crippen molar-refractivity contribution in [3.05, 3.63) is 36.5 Å². The molecule has 1 amide bonds. The van der Waals surface area contributed by atoms with Crippen molar-refractivity contribution < 1.29 is 24.5 Å². The van der Waals surface area contributed by atoms with Gasteiger partial charge in [0.15, 0.2) is 0 Å². The van der Waals surface area contributed by atoms with Crippen LogP contribution in [0.1, 0.15) is 278 Å². The highest BCUT2D eigenvalue weighted by Gasteiger charge is 2.24. The standard InChI is InChI=1S/C55H103NO5/c1-4-7-10-13-16-19-22-24-25-26-27-28-29-30-33-36-39-42-45-48-55(60)61-51(46-43-40-37-34-31-21-18-15-12-9-6-3)49-54(59)56-52(50-57)53(58)47-44-41-38-35-32-23-20-17-14-11-8-5-2/h16,19,24-25,27-28,51-53,57-58H,4-15,17-18,20-23,26,29-50H2,1-3H3,(H,56,59)/b19-16-,25-24-,28-27-. The summed E-state index contributed by atoms with van der Waals surface area (Å²) in [6.07, 6.45) is 57.7. The zero-order valence-corrected chi connectivity index (χ0v) is 40.8. The second-order valence-electron chi connectivity index (χ2n) is 18.3. The molecule has 0 aliphatic heterocycles. The molecule has 0 aliphatic carbocycles. The van der Waals surface area contributed by atoms with Gasteiger partial charge < -0.3 is 20.3 Å². The van der Waals surface area contributed by atoms with E-state index >= 15 is 0 Å². The molecule has 61 heavy (non-hydrogen) atoms. The minimum atomic E-state index is -0.786. The molecule has 6 nitrogen and oxygen atoms in total. The summed E-state index contributed by atoms with van der Waals surface area (Å²) in [4.78, 5) is 26.1. The number of aliphatic hydroxyl groups excluding tert-OH is 2. The molecule has 6 heteroatoms. The number of amides is 1. The van der Waals surface area contributed by atoms with E-state index < -0.39 is 18.2 Å². The van der Waals surface area contributed by atoms with Crippen LogP contribution in [0.2, 0.25) is 0 Å². The Balaban J connectivity index is 4.50. The van der Waals surface area contributed by atoms with E-state index in [0.717, 1.165) is 64.2 Å². The van der Waals surface area contributed by atoms with Gasteiger partial charge in [0.2, 0.25) is 5.91 Å². The third-order valence-electron chi connectivity index (χ3n) is 12.2. The van der Waals surface area contributed by atoms with Crippen LogP contribution >= 0.6 is 0 Å². The number of allylic oxidation sites excluding steroid dienone is 6. The van der Waals surface area contributed by atoms with Gasteiger partial charge in [0.1, 0.15) is 6.10 Å². The topological polar surface area (TPSA) is 95.9 Å². The molecule has 0 bridgehead atoms. The molecule has 0 aromatic carbocycles. The smallest absolute Gasteiger partial charge is 0.306 e. The lowest BCUT2D eigenvalue weighted by molar-refractivity contribution is -0.151. The van der Waals surface area contributed by atoms with Crippen LogP contribution < -0.4 is 5.32 Å². The van der Waals surface area contributed by atoms with E-state index in [2.05, 4.69) is 62.5 Å². The lowest BCUT2D eigenvalue weighted by atomic mass is 10.0. The predicted molar refractivity (Wildman–Crippen MR) is 264 cm³/mol. The third-order valence-corrected chi connectivity index (χ3v) is 12.2. The van der Waals surface area contributed by atoms with Crippen LogP contribution in [-0.4, -0.2) is 46.9 Å². The summed E-state index contributed by atoms with van der Waals surface area (Å²) < 4.78 is 5.93. The van der Waals surface area contributed by atoms with Crippen molar-refractivity contribution in [3.63, 3.8) is 0 Å². The number of esters is 1. The van der Waals surface area contributed by atoms with Gasteiger partial charge in [-0.1, -0.05) is 237 Å². The Hall–Kier alpha value is -1.92.